The molecule has 0 N–H and O–H groups in total. The third-order valence-electron chi connectivity index (χ3n) is 3.11. The molecule has 0 spiro atoms. The van der Waals surface area contributed by atoms with E-state index >= 15 is 0 Å². The molecule has 1 heterocycles. The smallest absolute Gasteiger partial charge is 0.338 e. The molecule has 1 fully saturated rings. The Labute approximate surface area is 117 Å². The van der Waals surface area contributed by atoms with E-state index in [2.05, 4.69) is 12.6 Å². The van der Waals surface area contributed by atoms with Gasteiger partial charge in [-0.25, -0.2) is 9.18 Å². The topological polar surface area (TPSA) is 35.5 Å². The molecule has 0 radical (unpaired) electrons. The summed E-state index contributed by atoms with van der Waals surface area (Å²) in [6.45, 7) is 3.92. The van der Waals surface area contributed by atoms with E-state index in [-0.39, 0.29) is 23.2 Å². The standard InChI is InChI=1S/C14H17FO3S/c1-8-5-11(6-9(2)17-8)18-14(16)10-3-4-12(15)13(19)7-10/h3-4,7-9,11,19H,5-6H2,1-2H3. The van der Waals surface area contributed by atoms with Crippen molar-refractivity contribution in [3.05, 3.63) is 29.6 Å². The second-order valence-electron chi connectivity index (χ2n) is 4.92. The predicted molar refractivity (Wildman–Crippen MR) is 72.1 cm³/mol. The van der Waals surface area contributed by atoms with Gasteiger partial charge in [-0.2, -0.15) is 0 Å². The van der Waals surface area contributed by atoms with Gasteiger partial charge in [0.25, 0.3) is 0 Å². The summed E-state index contributed by atoms with van der Waals surface area (Å²) in [6, 6.07) is 4.00. The van der Waals surface area contributed by atoms with Gasteiger partial charge in [-0.1, -0.05) is 0 Å². The summed E-state index contributed by atoms with van der Waals surface area (Å²) < 4.78 is 24.1. The number of rotatable bonds is 2. The van der Waals surface area contributed by atoms with Crippen LogP contribution in [0.15, 0.2) is 23.1 Å². The van der Waals surface area contributed by atoms with E-state index in [0.29, 0.717) is 18.4 Å². The van der Waals surface area contributed by atoms with Crippen LogP contribution in [0, 0.1) is 5.82 Å². The lowest BCUT2D eigenvalue weighted by molar-refractivity contribution is -0.0855. The molecule has 1 aromatic carbocycles. The number of thiol groups is 1. The zero-order chi connectivity index (χ0) is 14.0. The van der Waals surface area contributed by atoms with Gasteiger partial charge in [0, 0.05) is 17.7 Å². The van der Waals surface area contributed by atoms with Crippen molar-refractivity contribution < 1.29 is 18.7 Å². The lowest BCUT2D eigenvalue weighted by Crippen LogP contribution is -2.35. The summed E-state index contributed by atoms with van der Waals surface area (Å²) in [5.41, 5.74) is 0.318. The van der Waals surface area contributed by atoms with Crippen molar-refractivity contribution >= 4 is 18.6 Å². The van der Waals surface area contributed by atoms with Crippen LogP contribution in [0.1, 0.15) is 37.0 Å². The van der Waals surface area contributed by atoms with Gasteiger partial charge in [-0.15, -0.1) is 12.6 Å². The number of halogens is 1. The molecule has 0 aromatic heterocycles. The van der Waals surface area contributed by atoms with Gasteiger partial charge in [0.1, 0.15) is 11.9 Å². The monoisotopic (exact) mass is 284 g/mol. The molecule has 1 saturated heterocycles. The average Bonchev–Trinajstić information content (AvgIpc) is 2.31. The van der Waals surface area contributed by atoms with Crippen LogP contribution in [-0.2, 0) is 9.47 Å². The molecule has 19 heavy (non-hydrogen) atoms. The highest BCUT2D eigenvalue weighted by Crippen LogP contribution is 2.23. The van der Waals surface area contributed by atoms with Gasteiger partial charge in [0.2, 0.25) is 0 Å². The van der Waals surface area contributed by atoms with Crippen LogP contribution in [0.2, 0.25) is 0 Å². The van der Waals surface area contributed by atoms with Crippen LogP contribution in [0.4, 0.5) is 4.39 Å². The molecular weight excluding hydrogens is 267 g/mol. The van der Waals surface area contributed by atoms with Gasteiger partial charge in [0.15, 0.2) is 0 Å². The highest BCUT2D eigenvalue weighted by Gasteiger charge is 2.27. The first kappa shape index (κ1) is 14.3. The van der Waals surface area contributed by atoms with Gasteiger partial charge >= 0.3 is 5.97 Å². The molecule has 104 valence electrons. The number of benzene rings is 1. The minimum absolute atomic E-state index is 0.0789. The molecule has 0 saturated carbocycles. The molecule has 0 amide bonds. The molecular formula is C14H17FO3S. The Kier molecular flexibility index (Phi) is 4.47. The van der Waals surface area contributed by atoms with Crippen LogP contribution in [0.25, 0.3) is 0 Å². The van der Waals surface area contributed by atoms with Crippen molar-refractivity contribution in [3.8, 4) is 0 Å². The maximum atomic E-state index is 13.1. The second-order valence-corrected chi connectivity index (χ2v) is 5.40. The normalized spacial score (nSPS) is 27.1. The van der Waals surface area contributed by atoms with Crippen molar-refractivity contribution in [2.24, 2.45) is 0 Å². The van der Waals surface area contributed by atoms with Crippen molar-refractivity contribution in [1.82, 2.24) is 0 Å². The highest BCUT2D eigenvalue weighted by atomic mass is 32.1. The van der Waals surface area contributed by atoms with Crippen LogP contribution < -0.4 is 0 Å². The zero-order valence-electron chi connectivity index (χ0n) is 10.9. The Morgan fingerprint density at radius 1 is 1.37 bits per heavy atom. The average molecular weight is 284 g/mol. The Hall–Kier alpha value is -1.07. The quantitative estimate of drug-likeness (QED) is 0.669. The van der Waals surface area contributed by atoms with Crippen molar-refractivity contribution in [3.63, 3.8) is 0 Å². The lowest BCUT2D eigenvalue weighted by atomic mass is 10.0. The van der Waals surface area contributed by atoms with Crippen LogP contribution in [-0.4, -0.2) is 24.3 Å². The van der Waals surface area contributed by atoms with E-state index in [1.807, 2.05) is 13.8 Å². The fourth-order valence-corrected chi connectivity index (χ4v) is 2.51. The lowest BCUT2D eigenvalue weighted by Gasteiger charge is -2.31. The van der Waals surface area contributed by atoms with E-state index in [0.717, 1.165) is 0 Å². The van der Waals surface area contributed by atoms with Crippen LogP contribution in [0.3, 0.4) is 0 Å². The van der Waals surface area contributed by atoms with Crippen molar-refractivity contribution in [2.75, 3.05) is 0 Å². The minimum atomic E-state index is -0.451. The first-order valence-electron chi connectivity index (χ1n) is 6.30. The van der Waals surface area contributed by atoms with Gasteiger partial charge in [0.05, 0.1) is 17.8 Å². The first-order valence-corrected chi connectivity index (χ1v) is 6.75. The van der Waals surface area contributed by atoms with E-state index in [9.17, 15) is 9.18 Å². The maximum absolute atomic E-state index is 13.1. The fraction of sp³-hybridized carbons (Fsp3) is 0.500. The predicted octanol–water partition coefficient (Wildman–Crippen LogP) is 3.23. The molecule has 1 aliphatic heterocycles. The van der Waals surface area contributed by atoms with Crippen molar-refractivity contribution in [2.45, 2.75) is 49.9 Å². The summed E-state index contributed by atoms with van der Waals surface area (Å²) in [5.74, 6) is -0.894. The zero-order valence-corrected chi connectivity index (χ0v) is 11.8. The van der Waals surface area contributed by atoms with E-state index in [1.54, 1.807) is 0 Å². The molecule has 5 heteroatoms. The molecule has 2 rings (SSSR count). The van der Waals surface area contributed by atoms with Crippen molar-refractivity contribution in [1.29, 1.82) is 0 Å². The fourth-order valence-electron chi connectivity index (χ4n) is 2.30. The summed E-state index contributed by atoms with van der Waals surface area (Å²) in [4.78, 5) is 12.1. The summed E-state index contributed by atoms with van der Waals surface area (Å²) in [5, 5.41) is 0. The Morgan fingerprint density at radius 3 is 2.58 bits per heavy atom. The number of hydrogen-bond acceptors (Lipinski definition) is 4. The van der Waals surface area contributed by atoms with Gasteiger partial charge in [-0.3, -0.25) is 0 Å². The van der Waals surface area contributed by atoms with Gasteiger partial charge < -0.3 is 9.47 Å². The molecule has 0 aliphatic carbocycles. The summed E-state index contributed by atoms with van der Waals surface area (Å²) >= 11 is 3.95. The van der Waals surface area contributed by atoms with Gasteiger partial charge in [-0.05, 0) is 32.0 Å². The SMILES string of the molecule is CC1CC(OC(=O)c2ccc(F)c(S)c2)CC(C)O1. The molecule has 1 aliphatic rings. The molecule has 2 atom stereocenters. The van der Waals surface area contributed by atoms with E-state index in [1.165, 1.54) is 18.2 Å². The largest absolute Gasteiger partial charge is 0.459 e. The van der Waals surface area contributed by atoms with E-state index < -0.39 is 11.8 Å². The molecule has 2 unspecified atom stereocenters. The Bertz CT molecular complexity index is 468. The number of carbonyl (C=O) groups is 1. The second kappa shape index (κ2) is 5.92. The highest BCUT2D eigenvalue weighted by molar-refractivity contribution is 7.80. The first-order chi connectivity index (χ1) is 8.95. The Morgan fingerprint density at radius 2 is 2.00 bits per heavy atom. The van der Waals surface area contributed by atoms with Crippen LogP contribution >= 0.6 is 12.6 Å². The number of carbonyl (C=O) groups excluding carboxylic acids is 1. The summed E-state index contributed by atoms with van der Waals surface area (Å²) in [7, 11) is 0. The number of hydrogen-bond donors (Lipinski definition) is 1. The Balaban J connectivity index is 2.02. The molecule has 1 aromatic rings. The third-order valence-corrected chi connectivity index (χ3v) is 3.45. The molecule has 0 bridgehead atoms. The van der Waals surface area contributed by atoms with Crippen LogP contribution in [0.5, 0.6) is 0 Å². The number of esters is 1. The minimum Gasteiger partial charge on any atom is -0.459 e. The summed E-state index contributed by atoms with van der Waals surface area (Å²) in [6.07, 6.45) is 1.38. The number of ether oxygens (including phenoxy) is 2. The third kappa shape index (κ3) is 3.70. The molecule has 3 nitrogen and oxygen atoms in total. The maximum Gasteiger partial charge on any atom is 0.338 e. The van der Waals surface area contributed by atoms with E-state index in [4.69, 9.17) is 9.47 Å².